The quantitative estimate of drug-likeness (QED) is 0.386. The van der Waals surface area contributed by atoms with Crippen molar-refractivity contribution in [3.05, 3.63) is 29.9 Å². The van der Waals surface area contributed by atoms with Crippen LogP contribution in [0.25, 0.3) is 0 Å². The van der Waals surface area contributed by atoms with E-state index in [2.05, 4.69) is 25.4 Å². The SMILES string of the molecule is CSc1cc(Cl)ncn1.CSc1cc(NN)ncn1. The predicted molar refractivity (Wildman–Crippen MR) is 80.4 cm³/mol. The van der Waals surface area contributed by atoms with Crippen LogP contribution < -0.4 is 11.3 Å². The summed E-state index contributed by atoms with van der Waals surface area (Å²) in [5, 5.41) is 2.30. The van der Waals surface area contributed by atoms with Crippen molar-refractivity contribution in [3.8, 4) is 0 Å². The second-order valence-corrected chi connectivity index (χ2v) is 5.01. The first-order chi connectivity index (χ1) is 9.19. The number of hydrazine groups is 1. The maximum absolute atomic E-state index is 5.56. The van der Waals surface area contributed by atoms with Gasteiger partial charge in [-0.2, -0.15) is 0 Å². The van der Waals surface area contributed by atoms with Gasteiger partial charge < -0.3 is 5.43 Å². The molecular weight excluding hydrogens is 304 g/mol. The zero-order chi connectivity index (χ0) is 14.1. The molecule has 0 aliphatic heterocycles. The molecule has 0 radical (unpaired) electrons. The smallest absolute Gasteiger partial charge is 0.144 e. The number of hydrogen-bond donors (Lipinski definition) is 2. The van der Waals surface area contributed by atoms with E-state index in [0.29, 0.717) is 11.0 Å². The van der Waals surface area contributed by atoms with Crippen molar-refractivity contribution >= 4 is 40.9 Å². The topological polar surface area (TPSA) is 89.6 Å². The second kappa shape index (κ2) is 8.92. The van der Waals surface area contributed by atoms with Gasteiger partial charge in [0.15, 0.2) is 0 Å². The molecule has 0 fully saturated rings. The van der Waals surface area contributed by atoms with E-state index >= 15 is 0 Å². The Morgan fingerprint density at radius 1 is 1.00 bits per heavy atom. The van der Waals surface area contributed by atoms with E-state index in [1.54, 1.807) is 35.7 Å². The summed E-state index contributed by atoms with van der Waals surface area (Å²) in [6.07, 6.45) is 6.82. The van der Waals surface area contributed by atoms with E-state index in [9.17, 15) is 0 Å². The monoisotopic (exact) mass is 316 g/mol. The molecule has 2 aromatic heterocycles. The van der Waals surface area contributed by atoms with Crippen molar-refractivity contribution in [2.24, 2.45) is 5.84 Å². The average Bonchev–Trinajstić information content (AvgIpc) is 2.48. The van der Waals surface area contributed by atoms with Gasteiger partial charge in [0.05, 0.1) is 0 Å². The molecule has 9 heteroatoms. The van der Waals surface area contributed by atoms with Gasteiger partial charge in [-0.25, -0.2) is 25.8 Å². The molecule has 102 valence electrons. The fourth-order valence-electron chi connectivity index (χ4n) is 0.959. The molecule has 3 N–H and O–H groups in total. The van der Waals surface area contributed by atoms with E-state index in [-0.39, 0.29) is 0 Å². The normalized spacial score (nSPS) is 9.47. The van der Waals surface area contributed by atoms with Gasteiger partial charge in [0.25, 0.3) is 0 Å². The summed E-state index contributed by atoms with van der Waals surface area (Å²) < 4.78 is 0. The Hall–Kier alpha value is -1.09. The van der Waals surface area contributed by atoms with Gasteiger partial charge in [0.2, 0.25) is 0 Å². The van der Waals surface area contributed by atoms with Gasteiger partial charge in [0, 0.05) is 12.1 Å². The minimum Gasteiger partial charge on any atom is -0.308 e. The Kier molecular flexibility index (Phi) is 7.49. The average molecular weight is 317 g/mol. The first kappa shape index (κ1) is 16.0. The van der Waals surface area contributed by atoms with Crippen LogP contribution in [0.4, 0.5) is 5.82 Å². The molecule has 2 rings (SSSR count). The summed E-state index contributed by atoms with van der Waals surface area (Å²) in [5.41, 5.74) is 2.44. The number of anilines is 1. The second-order valence-electron chi connectivity index (χ2n) is 2.97. The fourth-order valence-corrected chi connectivity index (χ4v) is 1.93. The van der Waals surface area contributed by atoms with Crippen LogP contribution in [0, 0.1) is 0 Å². The molecule has 0 saturated carbocycles. The molecule has 0 spiro atoms. The molecular formula is C10H13ClN6S2. The minimum atomic E-state index is 0.495. The summed E-state index contributed by atoms with van der Waals surface area (Å²) in [6, 6.07) is 3.51. The molecule has 19 heavy (non-hydrogen) atoms. The number of rotatable bonds is 3. The highest BCUT2D eigenvalue weighted by atomic mass is 35.5. The largest absolute Gasteiger partial charge is 0.308 e. The number of nitrogens with two attached hydrogens (primary N) is 1. The van der Waals surface area contributed by atoms with Gasteiger partial charge in [-0.15, -0.1) is 23.5 Å². The van der Waals surface area contributed by atoms with Gasteiger partial charge in [-0.05, 0) is 12.5 Å². The van der Waals surface area contributed by atoms with Crippen LogP contribution in [0.3, 0.4) is 0 Å². The van der Waals surface area contributed by atoms with Crippen molar-refractivity contribution < 1.29 is 0 Å². The number of nitrogen functional groups attached to an aromatic ring is 1. The highest BCUT2D eigenvalue weighted by Crippen LogP contribution is 2.13. The lowest BCUT2D eigenvalue weighted by Gasteiger charge is -1.98. The van der Waals surface area contributed by atoms with Crippen LogP contribution in [0.15, 0.2) is 34.8 Å². The molecule has 0 unspecified atom stereocenters. The first-order valence-corrected chi connectivity index (χ1v) is 7.86. The summed E-state index contributed by atoms with van der Waals surface area (Å²) in [4.78, 5) is 15.5. The van der Waals surface area contributed by atoms with E-state index in [4.69, 9.17) is 17.4 Å². The van der Waals surface area contributed by atoms with Crippen molar-refractivity contribution in [2.75, 3.05) is 17.9 Å². The molecule has 0 aliphatic carbocycles. The van der Waals surface area contributed by atoms with Crippen molar-refractivity contribution in [3.63, 3.8) is 0 Å². The Balaban J connectivity index is 0.000000191. The summed E-state index contributed by atoms with van der Waals surface area (Å²) in [6.45, 7) is 0. The van der Waals surface area contributed by atoms with Crippen molar-refractivity contribution in [1.29, 1.82) is 0 Å². The summed E-state index contributed by atoms with van der Waals surface area (Å²) in [5.74, 6) is 5.76. The molecule has 2 aromatic rings. The van der Waals surface area contributed by atoms with Crippen molar-refractivity contribution in [1.82, 2.24) is 19.9 Å². The maximum Gasteiger partial charge on any atom is 0.144 e. The lowest BCUT2D eigenvalue weighted by atomic mass is 10.6. The Bertz CT molecular complexity index is 494. The summed E-state index contributed by atoms with van der Waals surface area (Å²) in [7, 11) is 0. The predicted octanol–water partition coefficient (Wildman–Crippen LogP) is 2.34. The third kappa shape index (κ3) is 6.06. The van der Waals surface area contributed by atoms with Gasteiger partial charge in [-0.1, -0.05) is 11.6 Å². The van der Waals surface area contributed by atoms with Gasteiger partial charge >= 0.3 is 0 Å². The van der Waals surface area contributed by atoms with E-state index in [1.807, 2.05) is 12.5 Å². The third-order valence-electron chi connectivity index (χ3n) is 1.82. The highest BCUT2D eigenvalue weighted by molar-refractivity contribution is 7.98. The fraction of sp³-hybridized carbons (Fsp3) is 0.200. The highest BCUT2D eigenvalue weighted by Gasteiger charge is 1.93. The number of halogens is 1. The summed E-state index contributed by atoms with van der Waals surface area (Å²) >= 11 is 8.66. The number of nitrogens with one attached hydrogen (secondary N) is 1. The Morgan fingerprint density at radius 2 is 1.58 bits per heavy atom. The zero-order valence-corrected chi connectivity index (χ0v) is 12.8. The molecule has 0 bridgehead atoms. The molecule has 6 nitrogen and oxygen atoms in total. The van der Waals surface area contributed by atoms with E-state index in [1.165, 1.54) is 12.7 Å². The van der Waals surface area contributed by atoms with Crippen LogP contribution in [0.5, 0.6) is 0 Å². The molecule has 0 saturated heterocycles. The number of aromatic nitrogens is 4. The maximum atomic E-state index is 5.56. The zero-order valence-electron chi connectivity index (χ0n) is 10.4. The van der Waals surface area contributed by atoms with Crippen LogP contribution in [-0.4, -0.2) is 32.4 Å². The van der Waals surface area contributed by atoms with Crippen LogP contribution in [0.2, 0.25) is 5.15 Å². The standard InChI is InChI=1S/C5H5ClN2S.C5H8N4S/c1-9-5-2-4(6)7-3-8-5;1-10-5-2-4(9-6)7-3-8-5/h2-3H,1H3;2-3H,6H2,1H3,(H,7,8,9). The molecule has 0 aliphatic rings. The molecule has 0 aromatic carbocycles. The van der Waals surface area contributed by atoms with Crippen molar-refractivity contribution in [2.45, 2.75) is 10.1 Å². The number of thioether (sulfide) groups is 2. The Morgan fingerprint density at radius 3 is 2.05 bits per heavy atom. The van der Waals surface area contributed by atoms with Crippen LogP contribution >= 0.6 is 35.1 Å². The minimum absolute atomic E-state index is 0.495. The molecule has 0 amide bonds. The lowest BCUT2D eigenvalue weighted by molar-refractivity contribution is 1.04. The lowest BCUT2D eigenvalue weighted by Crippen LogP contribution is -2.08. The number of nitrogens with zero attached hydrogens (tertiary/aromatic N) is 4. The molecule has 2 heterocycles. The van der Waals surface area contributed by atoms with Crippen LogP contribution in [0.1, 0.15) is 0 Å². The number of hydrogen-bond acceptors (Lipinski definition) is 8. The Labute approximate surface area is 125 Å². The van der Waals surface area contributed by atoms with Crippen LogP contribution in [-0.2, 0) is 0 Å². The van der Waals surface area contributed by atoms with Gasteiger partial charge in [-0.3, -0.25) is 0 Å². The van der Waals surface area contributed by atoms with Gasteiger partial charge in [0.1, 0.15) is 33.7 Å². The molecule has 0 atom stereocenters. The van der Waals surface area contributed by atoms with E-state index < -0.39 is 0 Å². The first-order valence-electron chi connectivity index (χ1n) is 5.03. The van der Waals surface area contributed by atoms with E-state index in [0.717, 1.165) is 10.1 Å². The third-order valence-corrected chi connectivity index (χ3v) is 3.31.